The normalized spacial score (nSPS) is 19.5. The van der Waals surface area contributed by atoms with Gasteiger partial charge in [0.25, 0.3) is 0 Å². The maximum Gasteiger partial charge on any atom is 0.220 e. The summed E-state index contributed by atoms with van der Waals surface area (Å²) in [5.74, 6) is -0.176. The van der Waals surface area contributed by atoms with Gasteiger partial charge in [-0.1, -0.05) is 275 Å². The van der Waals surface area contributed by atoms with E-state index in [4.69, 9.17) is 9.47 Å². The summed E-state index contributed by atoms with van der Waals surface area (Å²) >= 11 is 0. The van der Waals surface area contributed by atoms with Gasteiger partial charge in [0.2, 0.25) is 5.91 Å². The lowest BCUT2D eigenvalue weighted by molar-refractivity contribution is -0.302. The van der Waals surface area contributed by atoms with E-state index in [9.17, 15) is 30.3 Å². The molecule has 0 aromatic heterocycles. The molecule has 0 radical (unpaired) electrons. The topological polar surface area (TPSA) is 149 Å². The number of aliphatic hydroxyl groups excluding tert-OH is 5. The van der Waals surface area contributed by atoms with E-state index in [-0.39, 0.29) is 12.5 Å². The van der Waals surface area contributed by atoms with Crippen LogP contribution in [0.1, 0.15) is 296 Å². The Bertz CT molecular complexity index is 1210. The zero-order valence-corrected chi connectivity index (χ0v) is 46.5. The molecule has 9 nitrogen and oxygen atoms in total. The van der Waals surface area contributed by atoms with Crippen molar-refractivity contribution >= 4 is 5.91 Å². The maximum absolute atomic E-state index is 12.9. The summed E-state index contributed by atoms with van der Waals surface area (Å²) in [5, 5.41) is 54.1. The van der Waals surface area contributed by atoms with E-state index < -0.39 is 49.5 Å². The molecule has 0 bridgehead atoms. The van der Waals surface area contributed by atoms with E-state index in [1.54, 1.807) is 6.08 Å². The zero-order chi connectivity index (χ0) is 51.5. The maximum atomic E-state index is 12.9. The summed E-state index contributed by atoms with van der Waals surface area (Å²) in [6.45, 7) is 3.72. The van der Waals surface area contributed by atoms with Crippen LogP contribution in [0.4, 0.5) is 0 Å². The third-order valence-corrected chi connectivity index (χ3v) is 14.7. The van der Waals surface area contributed by atoms with Crippen LogP contribution in [0.25, 0.3) is 0 Å². The minimum atomic E-state index is -1.56. The highest BCUT2D eigenvalue weighted by molar-refractivity contribution is 5.76. The average molecular weight is 1000 g/mol. The average Bonchev–Trinajstić information content (AvgIpc) is 3.37. The monoisotopic (exact) mass is 1000 g/mol. The predicted octanol–water partition coefficient (Wildman–Crippen LogP) is 15.5. The SMILES string of the molecule is CCCCCCC/C=C\C/C=C\CCCCCCCCCCCCCCCCCCCCCCCCCCCCCCCC(=O)NC(COC1OC(CO)C(O)C(O)C1O)C(O)/C=C/CCCCCCC. The van der Waals surface area contributed by atoms with Gasteiger partial charge >= 0.3 is 0 Å². The molecule has 0 spiro atoms. The molecule has 7 atom stereocenters. The molecule has 1 heterocycles. The Morgan fingerprint density at radius 3 is 1.21 bits per heavy atom. The van der Waals surface area contributed by atoms with Crippen LogP contribution in [0.2, 0.25) is 0 Å². The van der Waals surface area contributed by atoms with Gasteiger partial charge in [-0.15, -0.1) is 0 Å². The van der Waals surface area contributed by atoms with Crippen LogP contribution in [-0.4, -0.2) is 87.5 Å². The Hall–Kier alpha value is -1.59. The van der Waals surface area contributed by atoms with Gasteiger partial charge in [-0.05, 0) is 51.4 Å². The van der Waals surface area contributed by atoms with Crippen LogP contribution in [-0.2, 0) is 14.3 Å². The first-order valence-electron chi connectivity index (χ1n) is 30.7. The zero-order valence-electron chi connectivity index (χ0n) is 46.5. The molecule has 1 amide bonds. The van der Waals surface area contributed by atoms with Crippen molar-refractivity contribution < 1.29 is 39.8 Å². The Kier molecular flexibility index (Phi) is 49.3. The van der Waals surface area contributed by atoms with Gasteiger partial charge in [0.15, 0.2) is 6.29 Å². The van der Waals surface area contributed by atoms with Crippen LogP contribution < -0.4 is 5.32 Å². The van der Waals surface area contributed by atoms with E-state index in [2.05, 4.69) is 43.5 Å². The fraction of sp³-hybridized carbons (Fsp3) is 0.887. The van der Waals surface area contributed by atoms with E-state index in [1.165, 1.54) is 231 Å². The number of amides is 1. The van der Waals surface area contributed by atoms with Gasteiger partial charge < -0.3 is 40.3 Å². The van der Waals surface area contributed by atoms with Crippen LogP contribution in [0.3, 0.4) is 0 Å². The fourth-order valence-electron chi connectivity index (χ4n) is 9.84. The highest BCUT2D eigenvalue weighted by atomic mass is 16.7. The standard InChI is InChI=1S/C62H117NO8/c1-3-5-7-9-11-12-13-14-15-16-17-18-19-20-21-22-23-24-25-26-27-28-29-30-31-32-33-34-35-36-37-38-39-40-41-42-43-44-46-48-50-52-58(66)63-55(56(65)51-49-47-45-10-8-6-4-2)54-70-62-61(69)60(68)59(67)57(53-64)71-62/h13-14,16-17,49,51,55-57,59-62,64-65,67-69H,3-12,15,18-48,50,52-54H2,1-2H3,(H,63,66)/b14-13-,17-16-,51-49+. The molecular weight excluding hydrogens is 887 g/mol. The molecule has 0 aliphatic carbocycles. The van der Waals surface area contributed by atoms with Crippen molar-refractivity contribution in [2.45, 2.75) is 339 Å². The van der Waals surface area contributed by atoms with E-state index in [0.29, 0.717) is 6.42 Å². The van der Waals surface area contributed by atoms with Crippen LogP contribution >= 0.6 is 0 Å². The largest absolute Gasteiger partial charge is 0.394 e. The molecule has 1 saturated heterocycles. The molecule has 1 rings (SSSR count). The molecular formula is C62H117NO8. The molecule has 0 aromatic carbocycles. The van der Waals surface area contributed by atoms with E-state index >= 15 is 0 Å². The number of hydrogen-bond acceptors (Lipinski definition) is 8. The van der Waals surface area contributed by atoms with Crippen molar-refractivity contribution in [2.24, 2.45) is 0 Å². The molecule has 7 unspecified atom stereocenters. The quantitative estimate of drug-likeness (QED) is 0.0261. The number of hydrogen-bond donors (Lipinski definition) is 6. The van der Waals surface area contributed by atoms with Gasteiger partial charge in [0.05, 0.1) is 25.4 Å². The summed E-state index contributed by atoms with van der Waals surface area (Å²) in [6.07, 6.45) is 61.6. The van der Waals surface area contributed by atoms with Crippen LogP contribution in [0.15, 0.2) is 36.5 Å². The summed E-state index contributed by atoms with van der Waals surface area (Å²) < 4.78 is 11.2. The third-order valence-electron chi connectivity index (χ3n) is 14.7. The number of nitrogens with one attached hydrogen (secondary N) is 1. The van der Waals surface area contributed by atoms with Gasteiger partial charge in [-0.25, -0.2) is 0 Å². The third kappa shape index (κ3) is 41.4. The fourth-order valence-corrected chi connectivity index (χ4v) is 9.84. The van der Waals surface area contributed by atoms with Crippen LogP contribution in [0, 0.1) is 0 Å². The highest BCUT2D eigenvalue weighted by Crippen LogP contribution is 2.23. The number of unbranched alkanes of at least 4 members (excludes halogenated alkanes) is 39. The Morgan fingerprint density at radius 2 is 0.831 bits per heavy atom. The van der Waals surface area contributed by atoms with Gasteiger partial charge in [-0.3, -0.25) is 4.79 Å². The molecule has 1 aliphatic heterocycles. The first-order valence-corrected chi connectivity index (χ1v) is 30.7. The number of aliphatic hydroxyl groups is 5. The summed E-state index contributed by atoms with van der Waals surface area (Å²) in [7, 11) is 0. The molecule has 9 heteroatoms. The lowest BCUT2D eigenvalue weighted by Crippen LogP contribution is -2.60. The number of rotatable bonds is 53. The Balaban J connectivity index is 1.93. The molecule has 1 aliphatic rings. The molecule has 1 fully saturated rings. The van der Waals surface area contributed by atoms with Crippen molar-refractivity contribution in [2.75, 3.05) is 13.2 Å². The first-order chi connectivity index (χ1) is 34.8. The van der Waals surface area contributed by atoms with Crippen molar-refractivity contribution in [3.05, 3.63) is 36.5 Å². The minimum absolute atomic E-state index is 0.176. The lowest BCUT2D eigenvalue weighted by atomic mass is 9.99. The van der Waals surface area contributed by atoms with E-state index in [0.717, 1.165) is 44.9 Å². The van der Waals surface area contributed by atoms with Crippen molar-refractivity contribution in [1.82, 2.24) is 5.32 Å². The van der Waals surface area contributed by atoms with Gasteiger partial charge in [-0.2, -0.15) is 0 Å². The molecule has 0 aromatic rings. The van der Waals surface area contributed by atoms with Crippen molar-refractivity contribution in [3.8, 4) is 0 Å². The number of carbonyl (C=O) groups excluding carboxylic acids is 1. The van der Waals surface area contributed by atoms with Gasteiger partial charge in [0, 0.05) is 6.42 Å². The van der Waals surface area contributed by atoms with Gasteiger partial charge in [0.1, 0.15) is 24.4 Å². The number of ether oxygens (including phenoxy) is 2. The minimum Gasteiger partial charge on any atom is -0.394 e. The Labute approximate surface area is 438 Å². The second-order valence-electron chi connectivity index (χ2n) is 21.5. The number of allylic oxidation sites excluding steroid dienone is 5. The molecule has 71 heavy (non-hydrogen) atoms. The molecule has 418 valence electrons. The smallest absolute Gasteiger partial charge is 0.220 e. The number of carbonyl (C=O) groups is 1. The second kappa shape index (κ2) is 51.9. The molecule has 0 saturated carbocycles. The van der Waals surface area contributed by atoms with Crippen LogP contribution in [0.5, 0.6) is 0 Å². The second-order valence-corrected chi connectivity index (χ2v) is 21.5. The summed E-state index contributed by atoms with van der Waals surface area (Å²) in [6, 6.07) is -0.799. The predicted molar refractivity (Wildman–Crippen MR) is 300 cm³/mol. The Morgan fingerprint density at radius 1 is 0.479 bits per heavy atom. The first kappa shape index (κ1) is 67.4. The lowest BCUT2D eigenvalue weighted by Gasteiger charge is -2.40. The van der Waals surface area contributed by atoms with Crippen molar-refractivity contribution in [3.63, 3.8) is 0 Å². The summed E-state index contributed by atoms with van der Waals surface area (Å²) in [4.78, 5) is 12.9. The summed E-state index contributed by atoms with van der Waals surface area (Å²) in [5.41, 5.74) is 0. The molecule has 6 N–H and O–H groups in total. The highest BCUT2D eigenvalue weighted by Gasteiger charge is 2.44. The van der Waals surface area contributed by atoms with E-state index in [1.807, 2.05) is 6.08 Å². The van der Waals surface area contributed by atoms with Crippen molar-refractivity contribution in [1.29, 1.82) is 0 Å².